The molecule has 3 rings (SSSR count). The summed E-state index contributed by atoms with van der Waals surface area (Å²) in [6, 6.07) is 21.9. The Labute approximate surface area is 170 Å². The van der Waals surface area contributed by atoms with Crippen molar-refractivity contribution in [3.05, 3.63) is 107 Å². The summed E-state index contributed by atoms with van der Waals surface area (Å²) in [6.45, 7) is 0.398. The highest BCUT2D eigenvalue weighted by Crippen LogP contribution is 2.18. The lowest BCUT2D eigenvalue weighted by molar-refractivity contribution is 0.0931. The summed E-state index contributed by atoms with van der Waals surface area (Å²) in [5.74, 6) is -1.05. The molecule has 0 bridgehead atoms. The standard InChI is InChI=1S/C24H23FN2O2/c1-27(2)22(17-8-4-3-5-9-17)16-26-24(29)21-11-7-6-10-20(21)23(28)18-12-14-19(25)15-13-18/h3-15,22H,16H2,1-2H3,(H,26,29). The summed E-state index contributed by atoms with van der Waals surface area (Å²) in [7, 11) is 3.91. The Kier molecular flexibility index (Phi) is 6.52. The van der Waals surface area contributed by atoms with Gasteiger partial charge < -0.3 is 10.2 Å². The fourth-order valence-electron chi connectivity index (χ4n) is 3.19. The highest BCUT2D eigenvalue weighted by molar-refractivity contribution is 6.15. The van der Waals surface area contributed by atoms with Crippen LogP contribution in [0.4, 0.5) is 4.39 Å². The van der Waals surface area contributed by atoms with Crippen molar-refractivity contribution in [3.8, 4) is 0 Å². The largest absolute Gasteiger partial charge is 0.350 e. The summed E-state index contributed by atoms with van der Waals surface area (Å²) < 4.78 is 13.2. The first-order chi connectivity index (χ1) is 14.0. The van der Waals surface area contributed by atoms with Gasteiger partial charge in [-0.25, -0.2) is 4.39 Å². The van der Waals surface area contributed by atoms with Crippen LogP contribution in [0.3, 0.4) is 0 Å². The van der Waals surface area contributed by atoms with E-state index in [2.05, 4.69) is 5.32 Å². The van der Waals surface area contributed by atoms with Gasteiger partial charge in [0, 0.05) is 17.7 Å². The number of hydrogen-bond donors (Lipinski definition) is 1. The third-order valence-corrected chi connectivity index (χ3v) is 4.79. The molecule has 0 spiro atoms. The Morgan fingerprint density at radius 2 is 1.45 bits per heavy atom. The lowest BCUT2D eigenvalue weighted by atomic mass is 9.97. The van der Waals surface area contributed by atoms with Crippen molar-refractivity contribution in [2.45, 2.75) is 6.04 Å². The minimum atomic E-state index is -0.414. The van der Waals surface area contributed by atoms with Crippen LogP contribution in [0.15, 0.2) is 78.9 Å². The fraction of sp³-hybridized carbons (Fsp3) is 0.167. The normalized spacial score (nSPS) is 11.9. The summed E-state index contributed by atoms with van der Waals surface area (Å²) in [5.41, 5.74) is 2.01. The Hall–Kier alpha value is -3.31. The van der Waals surface area contributed by atoms with Crippen molar-refractivity contribution < 1.29 is 14.0 Å². The summed E-state index contributed by atoms with van der Waals surface area (Å²) in [5, 5.41) is 2.94. The predicted octanol–water partition coefficient (Wildman–Crippen LogP) is 4.09. The molecule has 0 aromatic heterocycles. The number of ketones is 1. The molecule has 3 aromatic rings. The maximum absolute atomic E-state index is 13.2. The van der Waals surface area contributed by atoms with Gasteiger partial charge >= 0.3 is 0 Å². The summed E-state index contributed by atoms with van der Waals surface area (Å²) in [4.78, 5) is 27.7. The van der Waals surface area contributed by atoms with Gasteiger partial charge in [-0.1, -0.05) is 48.5 Å². The van der Waals surface area contributed by atoms with Crippen LogP contribution in [0.5, 0.6) is 0 Å². The van der Waals surface area contributed by atoms with Crippen LogP contribution in [-0.4, -0.2) is 37.2 Å². The van der Waals surface area contributed by atoms with Gasteiger partial charge in [-0.05, 0) is 50.0 Å². The van der Waals surface area contributed by atoms with Gasteiger partial charge in [0.05, 0.1) is 11.6 Å². The molecule has 5 heteroatoms. The quantitative estimate of drug-likeness (QED) is 0.618. The zero-order valence-electron chi connectivity index (χ0n) is 16.4. The van der Waals surface area contributed by atoms with E-state index in [0.717, 1.165) is 5.56 Å². The van der Waals surface area contributed by atoms with Gasteiger partial charge in [-0.3, -0.25) is 9.59 Å². The van der Waals surface area contributed by atoms with E-state index in [1.54, 1.807) is 24.3 Å². The van der Waals surface area contributed by atoms with Gasteiger partial charge in [0.25, 0.3) is 5.91 Å². The Bertz CT molecular complexity index is 985. The second kappa shape index (κ2) is 9.26. The average molecular weight is 390 g/mol. The number of benzene rings is 3. The molecule has 0 saturated carbocycles. The first kappa shape index (κ1) is 20.4. The van der Waals surface area contributed by atoms with Crippen molar-refractivity contribution in [3.63, 3.8) is 0 Å². The van der Waals surface area contributed by atoms with Crippen LogP contribution in [0, 0.1) is 5.82 Å². The van der Waals surface area contributed by atoms with Crippen molar-refractivity contribution in [1.29, 1.82) is 0 Å². The second-order valence-electron chi connectivity index (χ2n) is 6.98. The number of amides is 1. The van der Waals surface area contributed by atoms with Crippen LogP contribution in [0.25, 0.3) is 0 Å². The van der Waals surface area contributed by atoms with E-state index in [9.17, 15) is 14.0 Å². The van der Waals surface area contributed by atoms with E-state index >= 15 is 0 Å². The first-order valence-electron chi connectivity index (χ1n) is 9.36. The van der Waals surface area contributed by atoms with Gasteiger partial charge in [-0.2, -0.15) is 0 Å². The van der Waals surface area contributed by atoms with Crippen molar-refractivity contribution in [2.24, 2.45) is 0 Å². The van der Waals surface area contributed by atoms with Crippen LogP contribution < -0.4 is 5.32 Å². The highest BCUT2D eigenvalue weighted by atomic mass is 19.1. The zero-order valence-corrected chi connectivity index (χ0v) is 16.4. The molecule has 0 radical (unpaired) electrons. The van der Waals surface area contributed by atoms with Gasteiger partial charge in [0.2, 0.25) is 0 Å². The summed E-state index contributed by atoms with van der Waals surface area (Å²) in [6.07, 6.45) is 0. The van der Waals surface area contributed by atoms with Gasteiger partial charge in [0.1, 0.15) is 5.82 Å². The molecule has 0 aliphatic heterocycles. The van der Waals surface area contributed by atoms with E-state index in [1.165, 1.54) is 24.3 Å². The number of likely N-dealkylation sites (N-methyl/N-ethyl adjacent to an activating group) is 1. The smallest absolute Gasteiger partial charge is 0.252 e. The Morgan fingerprint density at radius 1 is 0.862 bits per heavy atom. The molecule has 0 aliphatic carbocycles. The number of carbonyl (C=O) groups excluding carboxylic acids is 2. The van der Waals surface area contributed by atoms with E-state index < -0.39 is 5.82 Å². The second-order valence-corrected chi connectivity index (χ2v) is 6.98. The maximum atomic E-state index is 13.2. The number of carbonyl (C=O) groups is 2. The minimum absolute atomic E-state index is 0.000104. The molecule has 0 saturated heterocycles. The number of rotatable bonds is 7. The monoisotopic (exact) mass is 390 g/mol. The number of hydrogen-bond acceptors (Lipinski definition) is 3. The first-order valence-corrected chi connectivity index (χ1v) is 9.36. The van der Waals surface area contributed by atoms with E-state index in [0.29, 0.717) is 17.7 Å². The molecule has 1 unspecified atom stereocenters. The Balaban J connectivity index is 1.79. The van der Waals surface area contributed by atoms with Crippen LogP contribution in [0.1, 0.15) is 37.9 Å². The molecule has 148 valence electrons. The molecule has 0 aliphatic rings. The molecule has 0 fully saturated rings. The lowest BCUT2D eigenvalue weighted by Gasteiger charge is -2.25. The number of nitrogens with one attached hydrogen (secondary N) is 1. The molecule has 1 N–H and O–H groups in total. The molecule has 1 atom stereocenters. The predicted molar refractivity (Wildman–Crippen MR) is 111 cm³/mol. The van der Waals surface area contributed by atoms with Gasteiger partial charge in [-0.15, -0.1) is 0 Å². The molecule has 3 aromatic carbocycles. The summed E-state index contributed by atoms with van der Waals surface area (Å²) >= 11 is 0. The minimum Gasteiger partial charge on any atom is -0.350 e. The van der Waals surface area contributed by atoms with Gasteiger partial charge in [0.15, 0.2) is 5.78 Å². The SMILES string of the molecule is CN(C)C(CNC(=O)c1ccccc1C(=O)c1ccc(F)cc1)c1ccccc1. The van der Waals surface area contributed by atoms with Crippen molar-refractivity contribution >= 4 is 11.7 Å². The Morgan fingerprint density at radius 3 is 2.07 bits per heavy atom. The maximum Gasteiger partial charge on any atom is 0.252 e. The van der Waals surface area contributed by atoms with E-state index in [4.69, 9.17) is 0 Å². The molecular weight excluding hydrogens is 367 g/mol. The molecule has 4 nitrogen and oxygen atoms in total. The number of halogens is 1. The fourth-order valence-corrected chi connectivity index (χ4v) is 3.19. The zero-order chi connectivity index (χ0) is 20.8. The molecular formula is C24H23FN2O2. The highest BCUT2D eigenvalue weighted by Gasteiger charge is 2.20. The van der Waals surface area contributed by atoms with Crippen molar-refractivity contribution in [1.82, 2.24) is 10.2 Å². The van der Waals surface area contributed by atoms with Crippen LogP contribution >= 0.6 is 0 Å². The third-order valence-electron chi connectivity index (χ3n) is 4.79. The van der Waals surface area contributed by atoms with Crippen molar-refractivity contribution in [2.75, 3.05) is 20.6 Å². The van der Waals surface area contributed by atoms with E-state index in [-0.39, 0.29) is 23.3 Å². The third kappa shape index (κ3) is 4.95. The molecule has 1 amide bonds. The lowest BCUT2D eigenvalue weighted by Crippen LogP contribution is -2.35. The average Bonchev–Trinajstić information content (AvgIpc) is 2.74. The van der Waals surface area contributed by atoms with Crippen LogP contribution in [-0.2, 0) is 0 Å². The molecule has 0 heterocycles. The van der Waals surface area contributed by atoms with E-state index in [1.807, 2.05) is 49.3 Å². The number of nitrogens with zero attached hydrogens (tertiary/aromatic N) is 1. The van der Waals surface area contributed by atoms with Crippen LogP contribution in [0.2, 0.25) is 0 Å². The molecule has 29 heavy (non-hydrogen) atoms. The topological polar surface area (TPSA) is 49.4 Å².